The van der Waals surface area contributed by atoms with Crippen LogP contribution in [0.2, 0.25) is 0 Å². The summed E-state index contributed by atoms with van der Waals surface area (Å²) < 4.78 is 0.901. The van der Waals surface area contributed by atoms with Crippen molar-refractivity contribution in [2.24, 2.45) is 0 Å². The zero-order valence-electron chi connectivity index (χ0n) is 13.7. The van der Waals surface area contributed by atoms with Gasteiger partial charge in [-0.15, -0.1) is 0 Å². The van der Waals surface area contributed by atoms with E-state index in [-0.39, 0.29) is 24.3 Å². The Bertz CT molecular complexity index is 628. The fourth-order valence-electron chi connectivity index (χ4n) is 2.68. The number of nitrogens with one attached hydrogen (secondary N) is 1. The standard InChI is InChI=1S/C17H21BrN2O4/c1-10(17(23)24)20(14-7-8-14)16(22)9-15(19-11(2)21)12-3-5-13(18)6-4-12/h3-6,10,14-15H,7-9H2,1-2H3,(H,19,21)(H,23,24). The van der Waals surface area contributed by atoms with Crippen LogP contribution in [0, 0.1) is 0 Å². The molecule has 130 valence electrons. The number of hydrogen-bond acceptors (Lipinski definition) is 3. The molecule has 2 rings (SSSR count). The molecule has 1 aliphatic rings. The Balaban J connectivity index is 2.17. The Morgan fingerprint density at radius 3 is 2.33 bits per heavy atom. The van der Waals surface area contributed by atoms with E-state index in [0.29, 0.717) is 0 Å². The number of rotatable bonds is 7. The summed E-state index contributed by atoms with van der Waals surface area (Å²) in [5.74, 6) is -1.51. The number of amides is 2. The van der Waals surface area contributed by atoms with Crippen LogP contribution in [0.1, 0.15) is 44.7 Å². The maximum absolute atomic E-state index is 12.7. The van der Waals surface area contributed by atoms with Gasteiger partial charge >= 0.3 is 5.97 Å². The molecule has 2 unspecified atom stereocenters. The van der Waals surface area contributed by atoms with Gasteiger partial charge in [0.15, 0.2) is 0 Å². The van der Waals surface area contributed by atoms with Crippen molar-refractivity contribution in [3.05, 3.63) is 34.3 Å². The van der Waals surface area contributed by atoms with Gasteiger partial charge < -0.3 is 15.3 Å². The second-order valence-electron chi connectivity index (χ2n) is 6.06. The van der Waals surface area contributed by atoms with E-state index in [1.807, 2.05) is 24.3 Å². The summed E-state index contributed by atoms with van der Waals surface area (Å²) in [6, 6.07) is 5.99. The highest BCUT2D eigenvalue weighted by molar-refractivity contribution is 9.10. The quantitative estimate of drug-likeness (QED) is 0.740. The summed E-state index contributed by atoms with van der Waals surface area (Å²) in [6.07, 6.45) is 1.69. The molecule has 1 aliphatic carbocycles. The van der Waals surface area contributed by atoms with Gasteiger partial charge in [0.25, 0.3) is 0 Å². The summed E-state index contributed by atoms with van der Waals surface area (Å²) in [6.45, 7) is 2.92. The van der Waals surface area contributed by atoms with E-state index < -0.39 is 18.1 Å². The number of hydrogen-bond donors (Lipinski definition) is 2. The summed E-state index contributed by atoms with van der Waals surface area (Å²) >= 11 is 3.35. The van der Waals surface area contributed by atoms with E-state index in [2.05, 4.69) is 21.2 Å². The molecular weight excluding hydrogens is 376 g/mol. The first kappa shape index (κ1) is 18.4. The third kappa shape index (κ3) is 4.80. The number of halogens is 1. The van der Waals surface area contributed by atoms with Gasteiger partial charge in [0.1, 0.15) is 6.04 Å². The molecule has 2 amide bonds. The molecule has 1 aromatic rings. The van der Waals surface area contributed by atoms with Gasteiger partial charge in [0, 0.05) is 17.4 Å². The van der Waals surface area contributed by atoms with E-state index >= 15 is 0 Å². The Kier molecular flexibility index (Phi) is 5.99. The van der Waals surface area contributed by atoms with Crippen LogP contribution in [-0.2, 0) is 14.4 Å². The Labute approximate surface area is 149 Å². The lowest BCUT2D eigenvalue weighted by Gasteiger charge is -2.28. The van der Waals surface area contributed by atoms with Crippen molar-refractivity contribution in [2.45, 2.75) is 51.2 Å². The molecule has 1 saturated carbocycles. The average molecular weight is 397 g/mol. The van der Waals surface area contributed by atoms with Gasteiger partial charge in [-0.25, -0.2) is 4.79 Å². The van der Waals surface area contributed by atoms with Crippen LogP contribution in [0.5, 0.6) is 0 Å². The molecule has 0 heterocycles. The Morgan fingerprint density at radius 1 is 1.29 bits per heavy atom. The number of nitrogens with zero attached hydrogens (tertiary/aromatic N) is 1. The third-order valence-corrected chi connectivity index (χ3v) is 4.56. The van der Waals surface area contributed by atoms with Crippen molar-refractivity contribution in [3.63, 3.8) is 0 Å². The lowest BCUT2D eigenvalue weighted by molar-refractivity contribution is -0.150. The SMILES string of the molecule is CC(=O)NC(CC(=O)N(C1CC1)C(C)C(=O)O)c1ccc(Br)cc1. The lowest BCUT2D eigenvalue weighted by atomic mass is 10.0. The van der Waals surface area contributed by atoms with Crippen LogP contribution < -0.4 is 5.32 Å². The fraction of sp³-hybridized carbons (Fsp3) is 0.471. The van der Waals surface area contributed by atoms with Crippen LogP contribution in [0.25, 0.3) is 0 Å². The number of carbonyl (C=O) groups excluding carboxylic acids is 2. The van der Waals surface area contributed by atoms with E-state index in [1.165, 1.54) is 18.7 Å². The summed E-state index contributed by atoms with van der Waals surface area (Å²) in [5.41, 5.74) is 0.806. The zero-order chi connectivity index (χ0) is 17.9. The van der Waals surface area contributed by atoms with Crippen molar-refractivity contribution in [1.82, 2.24) is 10.2 Å². The lowest BCUT2D eigenvalue weighted by Crippen LogP contribution is -2.46. The summed E-state index contributed by atoms with van der Waals surface area (Å²) in [5, 5.41) is 12.0. The number of carboxylic acid groups (broad SMARTS) is 1. The van der Waals surface area contributed by atoms with E-state index in [4.69, 9.17) is 0 Å². The highest BCUT2D eigenvalue weighted by Gasteiger charge is 2.39. The number of carboxylic acids is 1. The fourth-order valence-corrected chi connectivity index (χ4v) is 2.94. The average Bonchev–Trinajstić information content (AvgIpc) is 3.31. The monoisotopic (exact) mass is 396 g/mol. The van der Waals surface area contributed by atoms with E-state index in [0.717, 1.165) is 22.9 Å². The van der Waals surface area contributed by atoms with E-state index in [1.54, 1.807) is 0 Å². The highest BCUT2D eigenvalue weighted by Crippen LogP contribution is 2.31. The molecule has 1 fully saturated rings. The zero-order valence-corrected chi connectivity index (χ0v) is 15.2. The molecule has 0 saturated heterocycles. The van der Waals surface area contributed by atoms with Crippen molar-refractivity contribution in [3.8, 4) is 0 Å². The molecule has 0 aromatic heterocycles. The number of carbonyl (C=O) groups is 3. The molecule has 6 nitrogen and oxygen atoms in total. The predicted octanol–water partition coefficient (Wildman–Crippen LogP) is 2.48. The minimum Gasteiger partial charge on any atom is -0.480 e. The molecule has 0 aliphatic heterocycles. The molecule has 2 N–H and O–H groups in total. The minimum atomic E-state index is -1.02. The van der Waals surface area contributed by atoms with Crippen LogP contribution in [0.15, 0.2) is 28.7 Å². The molecule has 0 spiro atoms. The third-order valence-electron chi connectivity index (χ3n) is 4.03. The molecule has 2 atom stereocenters. The number of benzene rings is 1. The van der Waals surface area contributed by atoms with Crippen LogP contribution in [0.3, 0.4) is 0 Å². The molecule has 7 heteroatoms. The van der Waals surface area contributed by atoms with Gasteiger partial charge in [-0.2, -0.15) is 0 Å². The first-order valence-electron chi connectivity index (χ1n) is 7.86. The second-order valence-corrected chi connectivity index (χ2v) is 6.97. The largest absolute Gasteiger partial charge is 0.480 e. The topological polar surface area (TPSA) is 86.7 Å². The maximum Gasteiger partial charge on any atom is 0.326 e. The van der Waals surface area contributed by atoms with Gasteiger partial charge in [-0.3, -0.25) is 9.59 Å². The Hall–Kier alpha value is -1.89. The summed E-state index contributed by atoms with van der Waals surface area (Å²) in [4.78, 5) is 36.9. The molecule has 24 heavy (non-hydrogen) atoms. The minimum absolute atomic E-state index is 0.00787. The van der Waals surface area contributed by atoms with E-state index in [9.17, 15) is 19.5 Å². The van der Waals surface area contributed by atoms with Crippen molar-refractivity contribution in [2.75, 3.05) is 0 Å². The van der Waals surface area contributed by atoms with Gasteiger partial charge in [-0.05, 0) is 37.5 Å². The van der Waals surface area contributed by atoms with Crippen LogP contribution >= 0.6 is 15.9 Å². The highest BCUT2D eigenvalue weighted by atomic mass is 79.9. The predicted molar refractivity (Wildman–Crippen MR) is 92.3 cm³/mol. The number of aliphatic carboxylic acids is 1. The van der Waals surface area contributed by atoms with Crippen molar-refractivity contribution < 1.29 is 19.5 Å². The van der Waals surface area contributed by atoms with Gasteiger partial charge in [-0.1, -0.05) is 28.1 Å². The maximum atomic E-state index is 12.7. The van der Waals surface area contributed by atoms with Crippen LogP contribution in [0.4, 0.5) is 0 Å². The first-order valence-corrected chi connectivity index (χ1v) is 8.65. The molecule has 1 aromatic carbocycles. The van der Waals surface area contributed by atoms with Gasteiger partial charge in [0.2, 0.25) is 11.8 Å². The molecule has 0 radical (unpaired) electrons. The molecule has 0 bridgehead atoms. The summed E-state index contributed by atoms with van der Waals surface area (Å²) in [7, 11) is 0. The molecular formula is C17H21BrN2O4. The van der Waals surface area contributed by atoms with Crippen molar-refractivity contribution in [1.29, 1.82) is 0 Å². The van der Waals surface area contributed by atoms with Crippen LogP contribution in [-0.4, -0.2) is 39.9 Å². The van der Waals surface area contributed by atoms with Crippen molar-refractivity contribution >= 4 is 33.7 Å². The first-order chi connectivity index (χ1) is 11.3. The normalized spacial score (nSPS) is 16.1. The smallest absolute Gasteiger partial charge is 0.326 e. The second kappa shape index (κ2) is 7.79. The van der Waals surface area contributed by atoms with Gasteiger partial charge in [0.05, 0.1) is 12.5 Å². The Morgan fingerprint density at radius 2 is 1.88 bits per heavy atom.